The van der Waals surface area contributed by atoms with E-state index >= 15 is 0 Å². The fraction of sp³-hybridized carbons (Fsp3) is 0.300. The van der Waals surface area contributed by atoms with Crippen LogP contribution in [-0.2, 0) is 24.8 Å². The molecule has 20 heavy (non-hydrogen) atoms. The van der Waals surface area contributed by atoms with E-state index in [1.165, 1.54) is 32.3 Å². The maximum atomic E-state index is 11.9. The van der Waals surface area contributed by atoms with Gasteiger partial charge in [-0.15, -0.1) is 0 Å². The van der Waals surface area contributed by atoms with Crippen molar-refractivity contribution in [3.05, 3.63) is 24.3 Å². The third kappa shape index (κ3) is 4.18. The van der Waals surface area contributed by atoms with Crippen LogP contribution in [0.5, 0.6) is 0 Å². The SMILES string of the molecule is CN(C)S(=O)(=O)c1cccc(NS(=O)(=O)CC(=O)O)c1. The van der Waals surface area contributed by atoms with Crippen molar-refractivity contribution >= 4 is 31.7 Å². The molecular formula is C10H14N2O6S2. The van der Waals surface area contributed by atoms with E-state index in [0.29, 0.717) is 0 Å². The summed E-state index contributed by atoms with van der Waals surface area (Å²) in [7, 11) is -5.08. The smallest absolute Gasteiger partial charge is 0.320 e. The van der Waals surface area contributed by atoms with Crippen LogP contribution in [0.2, 0.25) is 0 Å². The van der Waals surface area contributed by atoms with Crippen LogP contribution in [0.3, 0.4) is 0 Å². The number of nitrogens with zero attached hydrogens (tertiary/aromatic N) is 1. The van der Waals surface area contributed by atoms with Crippen LogP contribution in [0.15, 0.2) is 29.2 Å². The summed E-state index contributed by atoms with van der Waals surface area (Å²) in [5, 5.41) is 8.46. The van der Waals surface area contributed by atoms with Gasteiger partial charge in [0.2, 0.25) is 20.0 Å². The Morgan fingerprint density at radius 1 is 1.25 bits per heavy atom. The molecule has 0 fully saturated rings. The number of nitrogens with one attached hydrogen (secondary N) is 1. The molecule has 1 aromatic carbocycles. The van der Waals surface area contributed by atoms with Gasteiger partial charge in [0.25, 0.3) is 0 Å². The number of carbonyl (C=O) groups is 1. The summed E-state index contributed by atoms with van der Waals surface area (Å²) < 4.78 is 49.7. The predicted octanol–water partition coefficient (Wildman–Crippen LogP) is -0.237. The van der Waals surface area contributed by atoms with Gasteiger partial charge in [-0.1, -0.05) is 6.07 Å². The highest BCUT2D eigenvalue weighted by molar-refractivity contribution is 7.93. The molecule has 0 saturated carbocycles. The van der Waals surface area contributed by atoms with Crippen LogP contribution in [0.25, 0.3) is 0 Å². The minimum Gasteiger partial charge on any atom is -0.480 e. The van der Waals surface area contributed by atoms with Gasteiger partial charge in [0.1, 0.15) is 0 Å². The van der Waals surface area contributed by atoms with Gasteiger partial charge in [-0.2, -0.15) is 0 Å². The fourth-order valence-electron chi connectivity index (χ4n) is 1.31. The lowest BCUT2D eigenvalue weighted by Crippen LogP contribution is -2.24. The van der Waals surface area contributed by atoms with Crippen molar-refractivity contribution < 1.29 is 26.7 Å². The van der Waals surface area contributed by atoms with Crippen LogP contribution in [-0.4, -0.2) is 52.1 Å². The molecule has 0 spiro atoms. The highest BCUT2D eigenvalue weighted by Crippen LogP contribution is 2.18. The van der Waals surface area contributed by atoms with Crippen molar-refractivity contribution in [2.75, 3.05) is 24.6 Å². The standard InChI is InChI=1S/C10H14N2O6S2/c1-12(2)20(17,18)9-5-3-4-8(6-9)11-19(15,16)7-10(13)14/h3-6,11H,7H2,1-2H3,(H,13,14). The van der Waals surface area contributed by atoms with Crippen molar-refractivity contribution in [3.8, 4) is 0 Å². The first-order valence-corrected chi connectivity index (χ1v) is 8.39. The van der Waals surface area contributed by atoms with E-state index in [1.54, 1.807) is 0 Å². The first-order chi connectivity index (χ1) is 9.04. The Labute approximate surface area is 117 Å². The van der Waals surface area contributed by atoms with Gasteiger partial charge in [0, 0.05) is 19.8 Å². The average molecular weight is 322 g/mol. The van der Waals surface area contributed by atoms with Crippen LogP contribution in [0, 0.1) is 0 Å². The van der Waals surface area contributed by atoms with E-state index in [4.69, 9.17) is 5.11 Å². The summed E-state index contributed by atoms with van der Waals surface area (Å²) in [5.74, 6) is -2.60. The van der Waals surface area contributed by atoms with Crippen LogP contribution < -0.4 is 4.72 Å². The normalized spacial score (nSPS) is 12.3. The minimum absolute atomic E-state index is 0.0193. The third-order valence-corrected chi connectivity index (χ3v) is 5.18. The molecule has 1 aromatic rings. The second kappa shape index (κ2) is 5.77. The van der Waals surface area contributed by atoms with Crippen LogP contribution in [0.4, 0.5) is 5.69 Å². The number of hydrogen-bond donors (Lipinski definition) is 2. The van der Waals surface area contributed by atoms with Gasteiger partial charge in [0.05, 0.1) is 4.90 Å². The molecule has 10 heteroatoms. The molecule has 0 heterocycles. The molecule has 0 aliphatic rings. The third-order valence-electron chi connectivity index (χ3n) is 2.20. The molecular weight excluding hydrogens is 308 g/mol. The Hall–Kier alpha value is -1.65. The van der Waals surface area contributed by atoms with Crippen molar-refractivity contribution in [1.29, 1.82) is 0 Å². The lowest BCUT2D eigenvalue weighted by Gasteiger charge is -2.12. The summed E-state index contributed by atoms with van der Waals surface area (Å²) in [5.41, 5.74) is -0.0193. The van der Waals surface area contributed by atoms with E-state index in [0.717, 1.165) is 10.4 Å². The van der Waals surface area contributed by atoms with Crippen LogP contribution >= 0.6 is 0 Å². The van der Waals surface area contributed by atoms with Crippen molar-refractivity contribution in [2.45, 2.75) is 4.90 Å². The van der Waals surface area contributed by atoms with E-state index in [2.05, 4.69) is 0 Å². The summed E-state index contributed by atoms with van der Waals surface area (Å²) >= 11 is 0. The zero-order chi connectivity index (χ0) is 15.6. The Morgan fingerprint density at radius 2 is 1.85 bits per heavy atom. The van der Waals surface area contributed by atoms with Gasteiger partial charge in [-0.25, -0.2) is 21.1 Å². The molecule has 0 radical (unpaired) electrons. The van der Waals surface area contributed by atoms with Crippen molar-refractivity contribution in [1.82, 2.24) is 4.31 Å². The zero-order valence-electron chi connectivity index (χ0n) is 10.8. The molecule has 0 atom stereocenters. The average Bonchev–Trinajstić information content (AvgIpc) is 2.26. The highest BCUT2D eigenvalue weighted by atomic mass is 32.2. The van der Waals surface area contributed by atoms with E-state index in [9.17, 15) is 21.6 Å². The topological polar surface area (TPSA) is 121 Å². The lowest BCUT2D eigenvalue weighted by molar-refractivity contribution is -0.134. The van der Waals surface area contributed by atoms with Crippen molar-refractivity contribution in [3.63, 3.8) is 0 Å². The van der Waals surface area contributed by atoms with E-state index in [1.807, 2.05) is 4.72 Å². The number of aliphatic carboxylic acids is 1. The maximum absolute atomic E-state index is 11.9. The van der Waals surface area contributed by atoms with E-state index in [-0.39, 0.29) is 10.6 Å². The predicted molar refractivity (Wildman–Crippen MR) is 72.4 cm³/mol. The lowest BCUT2D eigenvalue weighted by atomic mass is 10.3. The number of rotatable bonds is 6. The molecule has 112 valence electrons. The van der Waals surface area contributed by atoms with Gasteiger partial charge < -0.3 is 5.11 Å². The maximum Gasteiger partial charge on any atom is 0.320 e. The number of hydrogen-bond acceptors (Lipinski definition) is 5. The van der Waals surface area contributed by atoms with Crippen LogP contribution in [0.1, 0.15) is 0 Å². The summed E-state index contributed by atoms with van der Waals surface area (Å²) in [6.07, 6.45) is 0. The number of benzene rings is 1. The second-order valence-corrected chi connectivity index (χ2v) is 7.94. The monoisotopic (exact) mass is 322 g/mol. The molecule has 0 aliphatic heterocycles. The quantitative estimate of drug-likeness (QED) is 0.746. The molecule has 0 unspecified atom stereocenters. The fourth-order valence-corrected chi connectivity index (χ4v) is 3.14. The van der Waals surface area contributed by atoms with Gasteiger partial charge in [0.15, 0.2) is 5.75 Å². The number of anilines is 1. The van der Waals surface area contributed by atoms with Gasteiger partial charge in [-0.3, -0.25) is 9.52 Å². The summed E-state index contributed by atoms with van der Waals surface area (Å²) in [6, 6.07) is 5.11. The Kier molecular flexibility index (Phi) is 4.73. The van der Waals surface area contributed by atoms with E-state index < -0.39 is 31.8 Å². The Bertz CT molecular complexity index is 709. The molecule has 0 saturated heterocycles. The summed E-state index contributed by atoms with van der Waals surface area (Å²) in [6.45, 7) is 0. The molecule has 0 aromatic heterocycles. The first-order valence-electron chi connectivity index (χ1n) is 5.29. The van der Waals surface area contributed by atoms with Gasteiger partial charge >= 0.3 is 5.97 Å². The number of carboxylic acid groups (broad SMARTS) is 1. The number of carboxylic acids is 1. The molecule has 0 aliphatic carbocycles. The molecule has 0 amide bonds. The Balaban J connectivity index is 3.10. The zero-order valence-corrected chi connectivity index (χ0v) is 12.4. The Morgan fingerprint density at radius 3 is 2.35 bits per heavy atom. The number of sulfonamides is 2. The highest BCUT2D eigenvalue weighted by Gasteiger charge is 2.19. The minimum atomic E-state index is -4.07. The molecule has 8 nitrogen and oxygen atoms in total. The van der Waals surface area contributed by atoms with Crippen molar-refractivity contribution in [2.24, 2.45) is 0 Å². The molecule has 1 rings (SSSR count). The summed E-state index contributed by atoms with van der Waals surface area (Å²) in [4.78, 5) is 10.3. The largest absolute Gasteiger partial charge is 0.480 e. The first kappa shape index (κ1) is 16.4. The molecule has 2 N–H and O–H groups in total. The van der Waals surface area contributed by atoms with Gasteiger partial charge in [-0.05, 0) is 18.2 Å². The molecule has 0 bridgehead atoms. The second-order valence-electron chi connectivity index (χ2n) is 4.07.